The van der Waals surface area contributed by atoms with Gasteiger partial charge in [-0.25, -0.2) is 0 Å². The topological polar surface area (TPSA) is 61.8 Å². The van der Waals surface area contributed by atoms with Crippen molar-refractivity contribution in [2.75, 3.05) is 6.61 Å². The molecule has 4 aliphatic carbocycles. The third-order valence-corrected chi connectivity index (χ3v) is 12.0. The number of hydrogen-bond acceptors (Lipinski definition) is 5. The van der Waals surface area contributed by atoms with Crippen LogP contribution in [0.5, 0.6) is 0 Å². The Hall–Kier alpha value is -0.940. The van der Waals surface area contributed by atoms with Crippen molar-refractivity contribution >= 4 is 11.8 Å². The summed E-state index contributed by atoms with van der Waals surface area (Å²) in [5, 5.41) is 0. The van der Waals surface area contributed by atoms with Crippen LogP contribution in [0.15, 0.2) is 0 Å². The Balaban J connectivity index is 1.24. The van der Waals surface area contributed by atoms with Gasteiger partial charge in [0.25, 0.3) is 0 Å². The minimum Gasteiger partial charge on any atom is -0.463 e. The quantitative estimate of drug-likeness (QED) is 0.469. The van der Waals surface area contributed by atoms with E-state index >= 15 is 0 Å². The molecule has 1 spiro atoms. The highest BCUT2D eigenvalue weighted by atomic mass is 16.7. The molecule has 5 heteroatoms. The third kappa shape index (κ3) is 3.17. The summed E-state index contributed by atoms with van der Waals surface area (Å²) in [4.78, 5) is 25.1. The monoisotopic (exact) mass is 472 g/mol. The fourth-order valence-corrected chi connectivity index (χ4v) is 10.4. The zero-order chi connectivity index (χ0) is 24.0. The van der Waals surface area contributed by atoms with Crippen LogP contribution in [-0.2, 0) is 23.8 Å². The average Bonchev–Trinajstić information content (AvgIpc) is 3.22. The van der Waals surface area contributed by atoms with Crippen molar-refractivity contribution in [3.63, 3.8) is 0 Å². The van der Waals surface area contributed by atoms with E-state index in [9.17, 15) is 9.59 Å². The number of ether oxygens (including phenoxy) is 3. The maximum absolute atomic E-state index is 13.6. The second-order valence-electron chi connectivity index (χ2n) is 13.6. The van der Waals surface area contributed by atoms with Crippen LogP contribution in [0.1, 0.15) is 92.4 Å². The molecule has 0 aromatic carbocycles. The summed E-state index contributed by atoms with van der Waals surface area (Å²) < 4.78 is 18.9. The fraction of sp³-hybridized carbons (Fsp3) is 0.931. The molecular formula is C29H44O5. The first-order valence-corrected chi connectivity index (χ1v) is 14.1. The SMILES string of the molecule is CC(=O)O[C@@H]1CC[C@]2(C)[C@@H]3CC[C@]4(C)[C@H]5[C@H](C[C@@H]4[C@H]3CC(=O)[C@@H]2C1)O[C@]1(CC[C@@H](C)CO1)[C@@H]5C. The highest BCUT2D eigenvalue weighted by Crippen LogP contribution is 2.71. The number of fused-ring (bicyclic) bond motifs is 7. The molecule has 0 aromatic heterocycles. The number of hydrogen-bond donors (Lipinski definition) is 0. The molecule has 190 valence electrons. The largest absolute Gasteiger partial charge is 0.463 e. The van der Waals surface area contributed by atoms with Crippen LogP contribution >= 0.6 is 0 Å². The summed E-state index contributed by atoms with van der Waals surface area (Å²) in [6, 6.07) is 0. The van der Waals surface area contributed by atoms with E-state index in [1.807, 2.05) is 0 Å². The summed E-state index contributed by atoms with van der Waals surface area (Å²) >= 11 is 0. The number of rotatable bonds is 1. The summed E-state index contributed by atoms with van der Waals surface area (Å²) in [6.45, 7) is 11.9. The second-order valence-corrected chi connectivity index (χ2v) is 13.6. The van der Waals surface area contributed by atoms with Crippen molar-refractivity contribution in [1.82, 2.24) is 0 Å². The van der Waals surface area contributed by atoms with E-state index < -0.39 is 0 Å². The molecule has 2 aliphatic heterocycles. The predicted molar refractivity (Wildman–Crippen MR) is 128 cm³/mol. The number of ketones is 1. The Morgan fingerprint density at radius 3 is 2.47 bits per heavy atom. The smallest absolute Gasteiger partial charge is 0.302 e. The normalized spacial score (nSPS) is 56.4. The zero-order valence-electron chi connectivity index (χ0n) is 21.8. The summed E-state index contributed by atoms with van der Waals surface area (Å²) in [7, 11) is 0. The van der Waals surface area contributed by atoms with E-state index in [-0.39, 0.29) is 40.7 Å². The summed E-state index contributed by atoms with van der Waals surface area (Å²) in [5.74, 6) is 3.10. The van der Waals surface area contributed by atoms with Crippen molar-refractivity contribution < 1.29 is 23.8 Å². The van der Waals surface area contributed by atoms with Crippen LogP contribution in [0.2, 0.25) is 0 Å². The van der Waals surface area contributed by atoms with Crippen molar-refractivity contribution in [3.05, 3.63) is 0 Å². The third-order valence-electron chi connectivity index (χ3n) is 12.0. The van der Waals surface area contributed by atoms with Gasteiger partial charge < -0.3 is 14.2 Å². The van der Waals surface area contributed by atoms with Gasteiger partial charge in [0.2, 0.25) is 0 Å². The number of esters is 1. The molecule has 0 aromatic rings. The summed E-state index contributed by atoms with van der Waals surface area (Å²) in [6.07, 6.45) is 9.30. The van der Waals surface area contributed by atoms with E-state index in [0.717, 1.165) is 38.7 Å². The first-order valence-electron chi connectivity index (χ1n) is 14.1. The van der Waals surface area contributed by atoms with Crippen LogP contribution in [0.3, 0.4) is 0 Å². The van der Waals surface area contributed by atoms with Crippen molar-refractivity contribution in [2.24, 2.45) is 52.3 Å². The predicted octanol–water partition coefficient (Wildman–Crippen LogP) is 5.54. The molecule has 12 atom stereocenters. The molecule has 6 aliphatic rings. The van der Waals surface area contributed by atoms with Gasteiger partial charge in [-0.2, -0.15) is 0 Å². The molecule has 0 radical (unpaired) electrons. The summed E-state index contributed by atoms with van der Waals surface area (Å²) in [5.41, 5.74) is 0.283. The van der Waals surface area contributed by atoms with Crippen molar-refractivity contribution in [1.29, 1.82) is 0 Å². The molecule has 0 bridgehead atoms. The Morgan fingerprint density at radius 1 is 1.00 bits per heavy atom. The molecule has 5 nitrogen and oxygen atoms in total. The molecule has 0 N–H and O–H groups in total. The van der Waals surface area contributed by atoms with Crippen molar-refractivity contribution in [2.45, 2.75) is 110 Å². The van der Waals surface area contributed by atoms with Gasteiger partial charge in [-0.05, 0) is 85.4 Å². The van der Waals surface area contributed by atoms with E-state index in [4.69, 9.17) is 14.2 Å². The van der Waals surface area contributed by atoms with Crippen LogP contribution in [0.4, 0.5) is 0 Å². The molecule has 34 heavy (non-hydrogen) atoms. The Labute approximate surface area is 205 Å². The van der Waals surface area contributed by atoms with Crippen LogP contribution in [0, 0.1) is 52.3 Å². The van der Waals surface area contributed by atoms with E-state index in [2.05, 4.69) is 27.7 Å². The van der Waals surface area contributed by atoms with Gasteiger partial charge in [-0.3, -0.25) is 9.59 Å². The molecular weight excluding hydrogens is 428 g/mol. The van der Waals surface area contributed by atoms with E-state index in [0.29, 0.717) is 47.7 Å². The lowest BCUT2D eigenvalue weighted by Crippen LogP contribution is -2.57. The maximum atomic E-state index is 13.6. The highest BCUT2D eigenvalue weighted by molar-refractivity contribution is 5.83. The van der Waals surface area contributed by atoms with Gasteiger partial charge in [-0.15, -0.1) is 0 Å². The standard InChI is InChI=1S/C29H44O5/c1-16-6-11-29(32-15-16)17(2)26-25(34-29)14-22-20-13-24(31)23-12-19(33-18(3)30)7-9-27(23,4)21(20)8-10-28(22,26)5/h16-17,19-23,25-26H,6-15H2,1-5H3/t16-,17-,19-,20+,21-,22-,23+,25+,26-,27-,28+,29-/m1/s1. The molecule has 6 rings (SSSR count). The Morgan fingerprint density at radius 2 is 1.76 bits per heavy atom. The lowest BCUT2D eigenvalue weighted by Gasteiger charge is -2.60. The minimum absolute atomic E-state index is 0.0476. The highest BCUT2D eigenvalue weighted by Gasteiger charge is 2.69. The van der Waals surface area contributed by atoms with Crippen LogP contribution < -0.4 is 0 Å². The van der Waals surface area contributed by atoms with Crippen LogP contribution in [-0.4, -0.2) is 36.4 Å². The molecule has 4 saturated carbocycles. The zero-order valence-corrected chi connectivity index (χ0v) is 21.8. The second kappa shape index (κ2) is 7.78. The van der Waals surface area contributed by atoms with Gasteiger partial charge in [0.1, 0.15) is 11.9 Å². The first kappa shape index (κ1) is 23.5. The number of carbonyl (C=O) groups excluding carboxylic acids is 2. The maximum Gasteiger partial charge on any atom is 0.302 e. The number of carbonyl (C=O) groups is 2. The van der Waals surface area contributed by atoms with E-state index in [1.54, 1.807) is 0 Å². The lowest BCUT2D eigenvalue weighted by molar-refractivity contribution is -0.273. The van der Waals surface area contributed by atoms with Gasteiger partial charge in [0.05, 0.1) is 12.7 Å². The van der Waals surface area contributed by atoms with E-state index in [1.165, 1.54) is 26.2 Å². The van der Waals surface area contributed by atoms with Crippen LogP contribution in [0.25, 0.3) is 0 Å². The first-order chi connectivity index (χ1) is 16.1. The lowest BCUT2D eigenvalue weighted by atomic mass is 9.44. The minimum atomic E-state index is -0.374. The van der Waals surface area contributed by atoms with Crippen molar-refractivity contribution in [3.8, 4) is 0 Å². The molecule has 0 amide bonds. The Kier molecular flexibility index (Phi) is 5.37. The number of Topliss-reactive ketones (excluding diaryl/α,β-unsaturated/α-hetero) is 1. The average molecular weight is 473 g/mol. The van der Waals surface area contributed by atoms with Gasteiger partial charge >= 0.3 is 5.97 Å². The van der Waals surface area contributed by atoms with Gasteiger partial charge in [0.15, 0.2) is 5.79 Å². The van der Waals surface area contributed by atoms with Gasteiger partial charge in [-0.1, -0.05) is 27.7 Å². The molecule has 6 fully saturated rings. The Bertz CT molecular complexity index is 861. The van der Waals surface area contributed by atoms with Gasteiger partial charge in [0, 0.05) is 31.6 Å². The molecule has 0 unspecified atom stereocenters. The molecule has 2 saturated heterocycles. The molecule has 2 heterocycles. The fourth-order valence-electron chi connectivity index (χ4n) is 10.4.